The minimum Gasteiger partial charge on any atom is -0.303 e. The summed E-state index contributed by atoms with van der Waals surface area (Å²) in [5, 5.41) is 0.180. The number of nitrogens with zero attached hydrogens (tertiary/aromatic N) is 1. The number of hydrogen-bond donors (Lipinski definition) is 0. The lowest BCUT2D eigenvalue weighted by molar-refractivity contribution is 0.233. The normalized spacial score (nSPS) is 16.9. The van der Waals surface area contributed by atoms with E-state index in [1.807, 2.05) is 31.2 Å². The van der Waals surface area contributed by atoms with Gasteiger partial charge in [0.05, 0.1) is 10.8 Å². The summed E-state index contributed by atoms with van der Waals surface area (Å²) in [7, 11) is -0.971. The Morgan fingerprint density at radius 2 is 1.81 bits per heavy atom. The molecule has 1 fully saturated rings. The van der Waals surface area contributed by atoms with Crippen molar-refractivity contribution >= 4 is 23.2 Å². The predicted molar refractivity (Wildman–Crippen MR) is 104 cm³/mol. The van der Waals surface area contributed by atoms with Gasteiger partial charge in [0.25, 0.3) is 0 Å². The third-order valence-electron chi connectivity index (χ3n) is 4.86. The summed E-state index contributed by atoms with van der Waals surface area (Å²) in [5.74, 6) is -1.02. The maximum Gasteiger partial charge on any atom is 0.129 e. The third kappa shape index (κ3) is 5.12. The molecule has 0 saturated carbocycles. The van der Waals surface area contributed by atoms with Crippen LogP contribution in [-0.4, -0.2) is 34.0 Å². The van der Waals surface area contributed by atoms with E-state index in [0.29, 0.717) is 12.0 Å². The van der Waals surface area contributed by atoms with Crippen LogP contribution in [0, 0.1) is 18.6 Å². The van der Waals surface area contributed by atoms with Crippen molar-refractivity contribution in [2.75, 3.05) is 19.6 Å². The van der Waals surface area contributed by atoms with E-state index >= 15 is 0 Å². The smallest absolute Gasteiger partial charge is 0.129 e. The SMILES string of the molecule is Cc1ccccc1S(=O)C1CCN(CCc2ccc(F)cc2F)CC1.Cl. The van der Waals surface area contributed by atoms with Crippen molar-refractivity contribution in [3.8, 4) is 0 Å². The molecule has 2 aromatic carbocycles. The standard InChI is InChI=1S/C20H23F2NOS.ClH/c1-15-4-2-3-5-20(15)25(24)18-9-12-23(13-10-18)11-8-16-6-7-17(21)14-19(16)22;/h2-7,14,18H,8-13H2,1H3;1H. The molecule has 2 nitrogen and oxygen atoms in total. The van der Waals surface area contributed by atoms with Crippen molar-refractivity contribution in [3.63, 3.8) is 0 Å². The van der Waals surface area contributed by atoms with E-state index in [0.717, 1.165) is 49.0 Å². The van der Waals surface area contributed by atoms with Gasteiger partial charge in [0.2, 0.25) is 0 Å². The Kier molecular flexibility index (Phi) is 7.74. The predicted octanol–water partition coefficient (Wildman–Crippen LogP) is 4.51. The zero-order chi connectivity index (χ0) is 17.8. The van der Waals surface area contributed by atoms with Crippen molar-refractivity contribution in [2.24, 2.45) is 0 Å². The van der Waals surface area contributed by atoms with Crippen LogP contribution in [0.2, 0.25) is 0 Å². The highest BCUT2D eigenvalue weighted by Crippen LogP contribution is 2.23. The van der Waals surface area contributed by atoms with E-state index in [-0.39, 0.29) is 17.7 Å². The van der Waals surface area contributed by atoms with E-state index < -0.39 is 22.4 Å². The molecule has 0 spiro atoms. The van der Waals surface area contributed by atoms with Gasteiger partial charge in [-0.1, -0.05) is 24.3 Å². The molecule has 142 valence electrons. The number of rotatable bonds is 5. The van der Waals surface area contributed by atoms with Gasteiger partial charge in [-0.05, 0) is 62.5 Å². The second-order valence-electron chi connectivity index (χ2n) is 6.59. The molecule has 0 bridgehead atoms. The van der Waals surface area contributed by atoms with E-state index in [1.54, 1.807) is 0 Å². The molecule has 1 atom stereocenters. The fraction of sp³-hybridized carbons (Fsp3) is 0.400. The van der Waals surface area contributed by atoms with Gasteiger partial charge in [-0.25, -0.2) is 8.78 Å². The molecule has 1 heterocycles. The lowest BCUT2D eigenvalue weighted by Crippen LogP contribution is -2.38. The van der Waals surface area contributed by atoms with Crippen LogP contribution in [0.1, 0.15) is 24.0 Å². The lowest BCUT2D eigenvalue weighted by atomic mass is 10.1. The summed E-state index contributed by atoms with van der Waals surface area (Å²) in [4.78, 5) is 3.21. The summed E-state index contributed by atoms with van der Waals surface area (Å²) < 4.78 is 39.4. The van der Waals surface area contributed by atoms with E-state index in [9.17, 15) is 13.0 Å². The van der Waals surface area contributed by atoms with Crippen LogP contribution in [0.5, 0.6) is 0 Å². The van der Waals surface area contributed by atoms with Crippen LogP contribution in [0.3, 0.4) is 0 Å². The zero-order valence-corrected chi connectivity index (χ0v) is 16.4. The second kappa shape index (κ2) is 9.58. The second-order valence-corrected chi connectivity index (χ2v) is 8.29. The van der Waals surface area contributed by atoms with Gasteiger partial charge >= 0.3 is 0 Å². The molecule has 0 radical (unpaired) electrons. The first-order valence-corrected chi connectivity index (χ1v) is 9.88. The third-order valence-corrected chi connectivity index (χ3v) is 6.83. The Balaban J connectivity index is 0.00000243. The minimum absolute atomic E-state index is 0. The summed E-state index contributed by atoms with van der Waals surface area (Å²) >= 11 is 0. The Morgan fingerprint density at radius 1 is 1.12 bits per heavy atom. The first-order chi connectivity index (χ1) is 12.0. The highest BCUT2D eigenvalue weighted by molar-refractivity contribution is 7.85. The molecule has 0 N–H and O–H groups in total. The van der Waals surface area contributed by atoms with Gasteiger partial charge in [0.15, 0.2) is 0 Å². The lowest BCUT2D eigenvalue weighted by Gasteiger charge is -2.31. The summed E-state index contributed by atoms with van der Waals surface area (Å²) in [6.07, 6.45) is 2.33. The Hall–Kier alpha value is -1.30. The van der Waals surface area contributed by atoms with E-state index in [1.165, 1.54) is 12.1 Å². The molecule has 1 unspecified atom stereocenters. The van der Waals surface area contributed by atoms with Crippen LogP contribution in [-0.2, 0) is 17.2 Å². The number of benzene rings is 2. The number of hydrogen-bond acceptors (Lipinski definition) is 2. The first kappa shape index (κ1) is 21.0. The highest BCUT2D eigenvalue weighted by Gasteiger charge is 2.25. The number of piperidine rings is 1. The van der Waals surface area contributed by atoms with Crippen LogP contribution in [0.4, 0.5) is 8.78 Å². The van der Waals surface area contributed by atoms with Crippen LogP contribution >= 0.6 is 12.4 Å². The maximum atomic E-state index is 13.7. The summed E-state index contributed by atoms with van der Waals surface area (Å²) in [6.45, 7) is 4.47. The molecule has 0 amide bonds. The molecular weight excluding hydrogens is 376 g/mol. The van der Waals surface area contributed by atoms with Crippen molar-refractivity contribution in [1.29, 1.82) is 0 Å². The molecule has 0 aromatic heterocycles. The molecule has 0 aliphatic carbocycles. The molecule has 26 heavy (non-hydrogen) atoms. The fourth-order valence-corrected chi connectivity index (χ4v) is 4.91. The number of halogens is 3. The van der Waals surface area contributed by atoms with E-state index in [4.69, 9.17) is 0 Å². The molecule has 1 saturated heterocycles. The van der Waals surface area contributed by atoms with Gasteiger partial charge < -0.3 is 4.90 Å². The van der Waals surface area contributed by atoms with Gasteiger partial charge in [-0.3, -0.25) is 4.21 Å². The Morgan fingerprint density at radius 3 is 2.46 bits per heavy atom. The summed E-state index contributed by atoms with van der Waals surface area (Å²) in [5.41, 5.74) is 1.63. The number of likely N-dealkylation sites (tertiary alicyclic amines) is 1. The average molecular weight is 400 g/mol. The fourth-order valence-electron chi connectivity index (χ4n) is 3.31. The van der Waals surface area contributed by atoms with Gasteiger partial charge in [0.1, 0.15) is 11.6 Å². The quantitative estimate of drug-likeness (QED) is 0.737. The molecule has 1 aliphatic heterocycles. The maximum absolute atomic E-state index is 13.7. The first-order valence-electron chi connectivity index (χ1n) is 8.67. The summed E-state index contributed by atoms with van der Waals surface area (Å²) in [6, 6.07) is 11.6. The molecule has 3 rings (SSSR count). The largest absolute Gasteiger partial charge is 0.303 e. The number of aryl methyl sites for hydroxylation is 1. The topological polar surface area (TPSA) is 20.3 Å². The van der Waals surface area contributed by atoms with E-state index in [2.05, 4.69) is 4.90 Å². The Labute approximate surface area is 162 Å². The van der Waals surface area contributed by atoms with Gasteiger partial charge in [0, 0.05) is 22.8 Å². The minimum atomic E-state index is -0.971. The van der Waals surface area contributed by atoms with Crippen LogP contribution in [0.25, 0.3) is 0 Å². The average Bonchev–Trinajstić information content (AvgIpc) is 2.61. The van der Waals surface area contributed by atoms with Crippen molar-refractivity contribution in [1.82, 2.24) is 4.90 Å². The Bertz CT molecular complexity index is 763. The van der Waals surface area contributed by atoms with Crippen molar-refractivity contribution in [3.05, 3.63) is 65.2 Å². The van der Waals surface area contributed by atoms with Crippen molar-refractivity contribution < 1.29 is 13.0 Å². The van der Waals surface area contributed by atoms with Crippen molar-refractivity contribution in [2.45, 2.75) is 36.3 Å². The monoisotopic (exact) mass is 399 g/mol. The highest BCUT2D eigenvalue weighted by atomic mass is 35.5. The van der Waals surface area contributed by atoms with Gasteiger partial charge in [-0.15, -0.1) is 12.4 Å². The van der Waals surface area contributed by atoms with Crippen LogP contribution < -0.4 is 0 Å². The molecule has 1 aliphatic rings. The molecule has 2 aromatic rings. The molecule has 6 heteroatoms. The zero-order valence-electron chi connectivity index (χ0n) is 14.8. The van der Waals surface area contributed by atoms with Gasteiger partial charge in [-0.2, -0.15) is 0 Å². The van der Waals surface area contributed by atoms with Crippen LogP contribution in [0.15, 0.2) is 47.4 Å². The molecular formula is C20H24ClF2NOS.